The first-order chi connectivity index (χ1) is 12.9. The van der Waals surface area contributed by atoms with Gasteiger partial charge in [-0.3, -0.25) is 14.2 Å². The van der Waals surface area contributed by atoms with Gasteiger partial charge in [0.2, 0.25) is 5.91 Å². The zero-order valence-corrected chi connectivity index (χ0v) is 16.8. The molecule has 0 aliphatic rings. The maximum Gasteiger partial charge on any atom is 0.261 e. The summed E-state index contributed by atoms with van der Waals surface area (Å²) in [5.41, 5.74) is 4.08. The van der Waals surface area contributed by atoms with E-state index in [9.17, 15) is 9.59 Å². The molecule has 0 aliphatic carbocycles. The van der Waals surface area contributed by atoms with E-state index >= 15 is 0 Å². The van der Waals surface area contributed by atoms with Crippen LogP contribution < -0.4 is 5.56 Å². The summed E-state index contributed by atoms with van der Waals surface area (Å²) >= 11 is 1.29. The highest BCUT2D eigenvalue weighted by atomic mass is 32.2. The van der Waals surface area contributed by atoms with Crippen LogP contribution in [0.4, 0.5) is 0 Å². The minimum absolute atomic E-state index is 0.00221. The van der Waals surface area contributed by atoms with Gasteiger partial charge in [0.25, 0.3) is 5.56 Å². The van der Waals surface area contributed by atoms with Crippen LogP contribution in [0.25, 0.3) is 10.9 Å². The Hall–Kier alpha value is -2.60. The van der Waals surface area contributed by atoms with Crippen molar-refractivity contribution in [2.24, 2.45) is 7.05 Å². The molecule has 6 heteroatoms. The molecule has 5 nitrogen and oxygen atoms in total. The number of aryl methyl sites for hydroxylation is 2. The van der Waals surface area contributed by atoms with E-state index in [4.69, 9.17) is 0 Å². The fraction of sp³-hybridized carbons (Fsp3) is 0.286. The minimum atomic E-state index is -0.0980. The molecule has 27 heavy (non-hydrogen) atoms. The highest BCUT2D eigenvalue weighted by Gasteiger charge is 2.14. The van der Waals surface area contributed by atoms with Crippen LogP contribution >= 0.6 is 11.8 Å². The topological polar surface area (TPSA) is 55.2 Å². The fourth-order valence-corrected chi connectivity index (χ4v) is 3.84. The number of hydrogen-bond donors (Lipinski definition) is 0. The molecular formula is C21H23N3O2S. The van der Waals surface area contributed by atoms with Crippen molar-refractivity contribution in [1.82, 2.24) is 14.5 Å². The molecule has 3 rings (SSSR count). The number of aromatic nitrogens is 2. The Bertz CT molecular complexity index is 1060. The van der Waals surface area contributed by atoms with Crippen LogP contribution in [0, 0.1) is 13.8 Å². The number of amides is 1. The number of nitrogens with zero attached hydrogens (tertiary/aromatic N) is 3. The van der Waals surface area contributed by atoms with Gasteiger partial charge in [-0.15, -0.1) is 0 Å². The summed E-state index contributed by atoms with van der Waals surface area (Å²) in [5, 5.41) is 1.13. The molecule has 0 saturated carbocycles. The van der Waals surface area contributed by atoms with Crippen LogP contribution in [0.2, 0.25) is 0 Å². The van der Waals surface area contributed by atoms with E-state index in [0.29, 0.717) is 22.6 Å². The predicted molar refractivity (Wildman–Crippen MR) is 110 cm³/mol. The summed E-state index contributed by atoms with van der Waals surface area (Å²) in [6.45, 7) is 4.68. The maximum absolute atomic E-state index is 12.5. The summed E-state index contributed by atoms with van der Waals surface area (Å²) < 4.78 is 1.50. The highest BCUT2D eigenvalue weighted by Crippen LogP contribution is 2.18. The lowest BCUT2D eigenvalue weighted by atomic mass is 10.1. The van der Waals surface area contributed by atoms with Gasteiger partial charge in [0, 0.05) is 20.6 Å². The Morgan fingerprint density at radius 3 is 2.67 bits per heavy atom. The normalized spacial score (nSPS) is 11.0. The molecule has 0 radical (unpaired) electrons. The summed E-state index contributed by atoms with van der Waals surface area (Å²) in [7, 11) is 3.49. The number of rotatable bonds is 5. The van der Waals surface area contributed by atoms with E-state index in [1.807, 2.05) is 18.2 Å². The van der Waals surface area contributed by atoms with Crippen molar-refractivity contribution in [2.45, 2.75) is 25.5 Å². The van der Waals surface area contributed by atoms with Gasteiger partial charge in [-0.2, -0.15) is 0 Å². The van der Waals surface area contributed by atoms with Gasteiger partial charge >= 0.3 is 0 Å². The predicted octanol–water partition coefficient (Wildman–Crippen LogP) is 3.30. The van der Waals surface area contributed by atoms with E-state index in [-0.39, 0.29) is 17.2 Å². The third-order valence-electron chi connectivity index (χ3n) is 4.60. The number of thioether (sulfide) groups is 1. The molecule has 0 aliphatic heterocycles. The quantitative estimate of drug-likeness (QED) is 0.503. The van der Waals surface area contributed by atoms with Crippen molar-refractivity contribution in [3.05, 3.63) is 69.5 Å². The van der Waals surface area contributed by atoms with Gasteiger partial charge in [-0.05, 0) is 37.1 Å². The van der Waals surface area contributed by atoms with Crippen molar-refractivity contribution in [3.8, 4) is 0 Å². The van der Waals surface area contributed by atoms with Gasteiger partial charge in [-0.25, -0.2) is 4.98 Å². The molecule has 140 valence electrons. The molecule has 2 aromatic carbocycles. The maximum atomic E-state index is 12.5. The third-order valence-corrected chi connectivity index (χ3v) is 5.61. The monoisotopic (exact) mass is 381 g/mol. The number of fused-ring (bicyclic) bond motifs is 1. The summed E-state index contributed by atoms with van der Waals surface area (Å²) in [5.74, 6) is 0.238. The smallest absolute Gasteiger partial charge is 0.261 e. The molecule has 0 N–H and O–H groups in total. The lowest BCUT2D eigenvalue weighted by molar-refractivity contribution is -0.127. The Labute approximate surface area is 163 Å². The van der Waals surface area contributed by atoms with Crippen LogP contribution in [0.3, 0.4) is 0 Å². The summed E-state index contributed by atoms with van der Waals surface area (Å²) in [6.07, 6.45) is 0. The molecule has 1 aromatic heterocycles. The second-order valence-electron chi connectivity index (χ2n) is 6.74. The first-order valence-electron chi connectivity index (χ1n) is 8.75. The molecule has 1 amide bonds. The van der Waals surface area contributed by atoms with Crippen molar-refractivity contribution in [3.63, 3.8) is 0 Å². The van der Waals surface area contributed by atoms with Gasteiger partial charge in [0.05, 0.1) is 16.7 Å². The molecule has 0 saturated heterocycles. The molecule has 0 unspecified atom stereocenters. The molecule has 0 spiro atoms. The number of para-hydroxylation sites is 1. The summed E-state index contributed by atoms with van der Waals surface area (Å²) in [4.78, 5) is 31.2. The first-order valence-corrected chi connectivity index (χ1v) is 9.74. The second kappa shape index (κ2) is 7.96. The van der Waals surface area contributed by atoms with Gasteiger partial charge in [0.15, 0.2) is 5.16 Å². The van der Waals surface area contributed by atoms with Crippen LogP contribution in [0.15, 0.2) is 52.4 Å². The highest BCUT2D eigenvalue weighted by molar-refractivity contribution is 7.99. The molecule has 0 bridgehead atoms. The number of hydrogen-bond acceptors (Lipinski definition) is 4. The molecule has 3 aromatic rings. The van der Waals surface area contributed by atoms with Crippen LogP contribution in [0.5, 0.6) is 0 Å². The van der Waals surface area contributed by atoms with Crippen molar-refractivity contribution >= 4 is 28.6 Å². The summed E-state index contributed by atoms with van der Waals surface area (Å²) in [6, 6.07) is 13.5. The molecule has 1 heterocycles. The van der Waals surface area contributed by atoms with Crippen molar-refractivity contribution < 1.29 is 4.79 Å². The molecular weight excluding hydrogens is 358 g/mol. The standard InChI is InChI=1S/C21H23N3O2S/c1-14-9-10-16(15(2)11-14)12-23(3)19(25)13-27-21-22-18-8-6-5-7-17(18)20(26)24(21)4/h5-11H,12-13H2,1-4H3. The van der Waals surface area contributed by atoms with Crippen molar-refractivity contribution in [2.75, 3.05) is 12.8 Å². The number of carbonyl (C=O) groups is 1. The number of benzene rings is 2. The average molecular weight is 382 g/mol. The van der Waals surface area contributed by atoms with E-state index in [0.717, 1.165) is 5.56 Å². The Morgan fingerprint density at radius 1 is 1.19 bits per heavy atom. The average Bonchev–Trinajstić information content (AvgIpc) is 2.65. The largest absolute Gasteiger partial charge is 0.341 e. The lowest BCUT2D eigenvalue weighted by Gasteiger charge is -2.19. The first kappa shape index (κ1) is 19.2. The lowest BCUT2D eigenvalue weighted by Crippen LogP contribution is -2.28. The minimum Gasteiger partial charge on any atom is -0.341 e. The van der Waals surface area contributed by atoms with Crippen LogP contribution in [-0.2, 0) is 18.4 Å². The Kier molecular flexibility index (Phi) is 5.65. The molecule has 0 atom stereocenters. The van der Waals surface area contributed by atoms with E-state index in [1.165, 1.54) is 27.5 Å². The fourth-order valence-electron chi connectivity index (χ4n) is 2.93. The number of carbonyl (C=O) groups excluding carboxylic acids is 1. The van der Waals surface area contributed by atoms with Gasteiger partial charge in [0.1, 0.15) is 0 Å². The zero-order chi connectivity index (χ0) is 19.6. The Balaban J connectivity index is 1.71. The van der Waals surface area contributed by atoms with E-state index in [1.54, 1.807) is 25.1 Å². The van der Waals surface area contributed by atoms with Crippen LogP contribution in [0.1, 0.15) is 16.7 Å². The van der Waals surface area contributed by atoms with Crippen LogP contribution in [-0.4, -0.2) is 33.2 Å². The van der Waals surface area contributed by atoms with Crippen molar-refractivity contribution in [1.29, 1.82) is 0 Å². The van der Waals surface area contributed by atoms with E-state index in [2.05, 4.69) is 37.0 Å². The van der Waals surface area contributed by atoms with Gasteiger partial charge in [-0.1, -0.05) is 47.7 Å². The van der Waals surface area contributed by atoms with Gasteiger partial charge < -0.3 is 4.90 Å². The Morgan fingerprint density at radius 2 is 1.93 bits per heavy atom. The third kappa shape index (κ3) is 4.22. The SMILES string of the molecule is Cc1ccc(CN(C)C(=O)CSc2nc3ccccc3c(=O)n2C)c(C)c1. The molecule has 0 fully saturated rings. The van der Waals surface area contributed by atoms with E-state index < -0.39 is 0 Å². The zero-order valence-electron chi connectivity index (χ0n) is 16.0. The second-order valence-corrected chi connectivity index (χ2v) is 7.69.